The van der Waals surface area contributed by atoms with Gasteiger partial charge < -0.3 is 16.0 Å². The average molecular weight is 316 g/mol. The minimum atomic E-state index is -0.574. The van der Waals surface area contributed by atoms with Gasteiger partial charge in [-0.15, -0.1) is 0 Å². The van der Waals surface area contributed by atoms with Gasteiger partial charge in [-0.2, -0.15) is 0 Å². The predicted molar refractivity (Wildman–Crippen MR) is 85.5 cm³/mol. The third-order valence-electron chi connectivity index (χ3n) is 2.91. The first-order chi connectivity index (χ1) is 10.9. The number of pyridine rings is 1. The number of nitrogens with one attached hydrogen (secondary N) is 3. The van der Waals surface area contributed by atoms with Crippen molar-refractivity contribution in [3.05, 3.63) is 53.6 Å². The van der Waals surface area contributed by atoms with E-state index in [1.54, 1.807) is 6.07 Å². The maximum Gasteiger partial charge on any atom is 0.319 e. The lowest BCUT2D eigenvalue weighted by molar-refractivity contribution is -0.114. The zero-order valence-corrected chi connectivity index (χ0v) is 12.8. The van der Waals surface area contributed by atoms with Crippen molar-refractivity contribution in [2.45, 2.75) is 20.4 Å². The van der Waals surface area contributed by atoms with Gasteiger partial charge >= 0.3 is 6.03 Å². The molecule has 0 saturated carbocycles. The van der Waals surface area contributed by atoms with Gasteiger partial charge in [-0.3, -0.25) is 9.78 Å². The monoisotopic (exact) mass is 316 g/mol. The largest absolute Gasteiger partial charge is 0.332 e. The maximum atomic E-state index is 13.5. The van der Waals surface area contributed by atoms with Crippen molar-refractivity contribution in [2.75, 3.05) is 10.6 Å². The van der Waals surface area contributed by atoms with Crippen molar-refractivity contribution in [3.8, 4) is 0 Å². The van der Waals surface area contributed by atoms with Gasteiger partial charge in [0.15, 0.2) is 0 Å². The van der Waals surface area contributed by atoms with Gasteiger partial charge in [0.2, 0.25) is 5.91 Å². The Morgan fingerprint density at radius 3 is 2.65 bits per heavy atom. The smallest absolute Gasteiger partial charge is 0.319 e. The fourth-order valence-electron chi connectivity index (χ4n) is 1.93. The van der Waals surface area contributed by atoms with Crippen LogP contribution in [0.4, 0.5) is 20.6 Å². The Bertz CT molecular complexity index is 734. The maximum absolute atomic E-state index is 13.5. The van der Waals surface area contributed by atoms with E-state index in [0.29, 0.717) is 5.69 Å². The summed E-state index contributed by atoms with van der Waals surface area (Å²) >= 11 is 0. The Morgan fingerprint density at radius 2 is 1.96 bits per heavy atom. The van der Waals surface area contributed by atoms with E-state index in [-0.39, 0.29) is 12.2 Å². The van der Waals surface area contributed by atoms with Crippen LogP contribution >= 0.6 is 0 Å². The minimum Gasteiger partial charge on any atom is -0.332 e. The van der Waals surface area contributed by atoms with Gasteiger partial charge in [-0.05, 0) is 37.3 Å². The quantitative estimate of drug-likeness (QED) is 0.811. The molecule has 1 aromatic carbocycles. The summed E-state index contributed by atoms with van der Waals surface area (Å²) in [6.07, 6.45) is 0. The topological polar surface area (TPSA) is 83.1 Å². The Kier molecular flexibility index (Phi) is 5.24. The highest BCUT2D eigenvalue weighted by molar-refractivity contribution is 5.92. The Morgan fingerprint density at radius 1 is 1.17 bits per heavy atom. The van der Waals surface area contributed by atoms with E-state index in [0.717, 1.165) is 11.4 Å². The van der Waals surface area contributed by atoms with E-state index in [1.807, 2.05) is 19.1 Å². The SMILES string of the molecule is CC(=O)Nc1cc(NC(=O)NCc2cccc(C)n2)ccc1F. The number of aryl methyl sites for hydroxylation is 1. The number of hydrogen-bond donors (Lipinski definition) is 3. The molecule has 0 aliphatic heterocycles. The van der Waals surface area contributed by atoms with Crippen LogP contribution in [0.3, 0.4) is 0 Å². The summed E-state index contributed by atoms with van der Waals surface area (Å²) < 4.78 is 13.5. The molecule has 0 spiro atoms. The number of aromatic nitrogens is 1. The zero-order chi connectivity index (χ0) is 16.8. The lowest BCUT2D eigenvalue weighted by atomic mass is 10.2. The van der Waals surface area contributed by atoms with E-state index in [2.05, 4.69) is 20.9 Å². The first kappa shape index (κ1) is 16.4. The molecule has 3 N–H and O–H groups in total. The van der Waals surface area contributed by atoms with E-state index in [9.17, 15) is 14.0 Å². The zero-order valence-electron chi connectivity index (χ0n) is 12.8. The predicted octanol–water partition coefficient (Wildman–Crippen LogP) is 2.81. The first-order valence-electron chi connectivity index (χ1n) is 6.98. The van der Waals surface area contributed by atoms with Crippen molar-refractivity contribution in [2.24, 2.45) is 0 Å². The molecule has 7 heteroatoms. The van der Waals surface area contributed by atoms with Gasteiger partial charge in [-0.25, -0.2) is 9.18 Å². The van der Waals surface area contributed by atoms with E-state index < -0.39 is 17.8 Å². The van der Waals surface area contributed by atoms with Gasteiger partial charge in [0.25, 0.3) is 0 Å². The normalized spacial score (nSPS) is 10.0. The number of hydrogen-bond acceptors (Lipinski definition) is 3. The fraction of sp³-hybridized carbons (Fsp3) is 0.188. The number of amides is 3. The van der Waals surface area contributed by atoms with Crippen LogP contribution in [0.5, 0.6) is 0 Å². The van der Waals surface area contributed by atoms with Crippen molar-refractivity contribution in [3.63, 3.8) is 0 Å². The molecular weight excluding hydrogens is 299 g/mol. The van der Waals surface area contributed by atoms with E-state index >= 15 is 0 Å². The van der Waals surface area contributed by atoms with Gasteiger partial charge in [0, 0.05) is 18.3 Å². The summed E-state index contributed by atoms with van der Waals surface area (Å²) in [6, 6.07) is 9.01. The van der Waals surface area contributed by atoms with Crippen LogP contribution in [0.25, 0.3) is 0 Å². The molecule has 0 aliphatic rings. The molecule has 0 bridgehead atoms. The number of halogens is 1. The molecule has 3 amide bonds. The summed E-state index contributed by atoms with van der Waals surface area (Å²) in [5.41, 5.74) is 1.97. The molecular formula is C16H17FN4O2. The molecule has 2 aromatic rings. The third kappa shape index (κ3) is 5.06. The third-order valence-corrected chi connectivity index (χ3v) is 2.91. The Balaban J connectivity index is 1.96. The highest BCUT2D eigenvalue weighted by Gasteiger charge is 2.08. The summed E-state index contributed by atoms with van der Waals surface area (Å²) in [4.78, 5) is 27.1. The summed E-state index contributed by atoms with van der Waals surface area (Å²) in [5.74, 6) is -0.967. The second-order valence-corrected chi connectivity index (χ2v) is 4.95. The van der Waals surface area contributed by atoms with Crippen LogP contribution < -0.4 is 16.0 Å². The number of benzene rings is 1. The second kappa shape index (κ2) is 7.35. The highest BCUT2D eigenvalue weighted by Crippen LogP contribution is 2.19. The van der Waals surface area contributed by atoms with Crippen molar-refractivity contribution < 1.29 is 14.0 Å². The van der Waals surface area contributed by atoms with Gasteiger partial charge in [-0.1, -0.05) is 6.07 Å². The standard InChI is InChI=1S/C16H17FN4O2/c1-10-4-3-5-13(19-10)9-18-16(23)21-12-6-7-14(17)15(8-12)20-11(2)22/h3-8H,9H2,1-2H3,(H,20,22)(H2,18,21,23). The number of nitrogens with zero attached hydrogens (tertiary/aromatic N) is 1. The van der Waals surface area contributed by atoms with Crippen molar-refractivity contribution >= 4 is 23.3 Å². The molecule has 0 fully saturated rings. The van der Waals surface area contributed by atoms with Crippen LogP contribution in [0.15, 0.2) is 36.4 Å². The van der Waals surface area contributed by atoms with Crippen molar-refractivity contribution in [1.82, 2.24) is 10.3 Å². The summed E-state index contributed by atoms with van der Waals surface area (Å²) in [7, 11) is 0. The lowest BCUT2D eigenvalue weighted by Gasteiger charge is -2.10. The molecule has 0 atom stereocenters. The molecule has 0 saturated heterocycles. The second-order valence-electron chi connectivity index (χ2n) is 4.95. The van der Waals surface area contributed by atoms with Gasteiger partial charge in [0.1, 0.15) is 5.82 Å². The minimum absolute atomic E-state index is 0.00986. The van der Waals surface area contributed by atoms with Gasteiger partial charge in [0.05, 0.1) is 17.9 Å². The lowest BCUT2D eigenvalue weighted by Crippen LogP contribution is -2.28. The number of rotatable bonds is 4. The molecule has 0 radical (unpaired) electrons. The molecule has 120 valence electrons. The summed E-state index contributed by atoms with van der Waals surface area (Å²) in [6.45, 7) is 3.42. The Labute approximate surface area is 133 Å². The number of carbonyl (C=O) groups is 2. The molecule has 0 unspecified atom stereocenters. The van der Waals surface area contributed by atoms with Crippen molar-refractivity contribution in [1.29, 1.82) is 0 Å². The Hall–Kier alpha value is -2.96. The average Bonchev–Trinajstić information content (AvgIpc) is 2.48. The number of carbonyl (C=O) groups excluding carboxylic acids is 2. The summed E-state index contributed by atoms with van der Waals surface area (Å²) in [5, 5.41) is 7.58. The van der Waals surface area contributed by atoms with E-state index in [1.165, 1.54) is 25.1 Å². The van der Waals surface area contributed by atoms with Crippen LogP contribution in [0, 0.1) is 12.7 Å². The molecule has 1 aromatic heterocycles. The molecule has 0 aliphatic carbocycles. The number of urea groups is 1. The highest BCUT2D eigenvalue weighted by atomic mass is 19.1. The molecule has 2 rings (SSSR count). The van der Waals surface area contributed by atoms with Crippen LogP contribution in [-0.2, 0) is 11.3 Å². The first-order valence-corrected chi connectivity index (χ1v) is 6.98. The molecule has 6 nitrogen and oxygen atoms in total. The van der Waals surface area contributed by atoms with Crippen LogP contribution in [0.2, 0.25) is 0 Å². The molecule has 1 heterocycles. The van der Waals surface area contributed by atoms with Crippen LogP contribution in [0.1, 0.15) is 18.3 Å². The number of anilines is 2. The fourth-order valence-corrected chi connectivity index (χ4v) is 1.93. The molecule has 23 heavy (non-hydrogen) atoms. The van der Waals surface area contributed by atoms with Crippen LogP contribution in [-0.4, -0.2) is 16.9 Å². The van der Waals surface area contributed by atoms with E-state index in [4.69, 9.17) is 0 Å².